The molecule has 0 spiro atoms. The normalized spacial score (nSPS) is 10.1. The molecule has 2 rings (SSSR count). The van der Waals surface area contributed by atoms with Crippen molar-refractivity contribution in [2.45, 2.75) is 19.9 Å². The van der Waals surface area contributed by atoms with Gasteiger partial charge in [-0.05, 0) is 24.1 Å². The quantitative estimate of drug-likeness (QED) is 0.771. The topological polar surface area (TPSA) is 67.8 Å². The molecule has 0 fully saturated rings. The average molecular weight is 255 g/mol. The second-order valence-corrected chi connectivity index (χ2v) is 4.09. The summed E-state index contributed by atoms with van der Waals surface area (Å²) in [4.78, 5) is 23.8. The van der Waals surface area contributed by atoms with Crippen molar-refractivity contribution in [2.75, 3.05) is 0 Å². The highest BCUT2D eigenvalue weighted by Gasteiger charge is 2.06. The molecular weight excluding hydrogens is 242 g/mol. The van der Waals surface area contributed by atoms with Crippen LogP contribution in [-0.4, -0.2) is 9.13 Å². The largest absolute Gasteiger partial charge is 0.321 e. The Morgan fingerprint density at radius 3 is 2.68 bits per heavy atom. The molecular formula is C14H13N3O2. The number of nitrogens with zero attached hydrogens (tertiary/aromatic N) is 3. The fourth-order valence-electron chi connectivity index (χ4n) is 1.84. The molecule has 1 heterocycles. The van der Waals surface area contributed by atoms with Crippen molar-refractivity contribution >= 4 is 0 Å². The van der Waals surface area contributed by atoms with Gasteiger partial charge in [-0.3, -0.25) is 18.7 Å². The van der Waals surface area contributed by atoms with Crippen LogP contribution in [0.3, 0.4) is 0 Å². The van der Waals surface area contributed by atoms with Crippen molar-refractivity contribution in [1.82, 2.24) is 9.13 Å². The summed E-state index contributed by atoms with van der Waals surface area (Å²) in [6.45, 7) is 1.90. The Hall–Kier alpha value is -2.61. The summed E-state index contributed by atoms with van der Waals surface area (Å²) in [5, 5.41) is 8.57. The van der Waals surface area contributed by atoms with Crippen LogP contribution in [0.4, 0.5) is 0 Å². The Morgan fingerprint density at radius 1 is 1.21 bits per heavy atom. The van der Waals surface area contributed by atoms with Crippen molar-refractivity contribution < 1.29 is 0 Å². The third-order valence-corrected chi connectivity index (χ3v) is 2.90. The lowest BCUT2D eigenvalue weighted by atomic mass is 10.1. The molecule has 0 amide bonds. The predicted octanol–water partition coefficient (Wildman–Crippen LogP) is 1.09. The highest BCUT2D eigenvalue weighted by atomic mass is 16.2. The van der Waals surface area contributed by atoms with Crippen LogP contribution in [0.2, 0.25) is 0 Å². The summed E-state index contributed by atoms with van der Waals surface area (Å²) < 4.78 is 2.40. The lowest BCUT2D eigenvalue weighted by Gasteiger charge is -2.08. The molecule has 0 unspecified atom stereocenters. The molecule has 5 nitrogen and oxygen atoms in total. The van der Waals surface area contributed by atoms with Gasteiger partial charge in [0.15, 0.2) is 0 Å². The zero-order valence-electron chi connectivity index (χ0n) is 10.5. The van der Waals surface area contributed by atoms with Gasteiger partial charge in [0, 0.05) is 18.1 Å². The van der Waals surface area contributed by atoms with E-state index in [9.17, 15) is 9.59 Å². The van der Waals surface area contributed by atoms with E-state index >= 15 is 0 Å². The molecule has 1 aromatic heterocycles. The zero-order chi connectivity index (χ0) is 13.8. The Balaban J connectivity index is 2.58. The molecule has 0 saturated carbocycles. The fraction of sp³-hybridized carbons (Fsp3) is 0.214. The first-order valence-electron chi connectivity index (χ1n) is 5.95. The van der Waals surface area contributed by atoms with E-state index in [1.807, 2.05) is 31.2 Å². The summed E-state index contributed by atoms with van der Waals surface area (Å²) >= 11 is 0. The van der Waals surface area contributed by atoms with Gasteiger partial charge < -0.3 is 0 Å². The molecule has 2 aromatic rings. The van der Waals surface area contributed by atoms with Crippen molar-refractivity contribution in [3.05, 3.63) is 62.9 Å². The van der Waals surface area contributed by atoms with E-state index in [4.69, 9.17) is 5.26 Å². The molecule has 1 aromatic carbocycles. The Bertz CT molecular complexity index is 750. The van der Waals surface area contributed by atoms with Crippen LogP contribution in [0.1, 0.15) is 12.5 Å². The van der Waals surface area contributed by atoms with Crippen molar-refractivity contribution in [2.24, 2.45) is 0 Å². The van der Waals surface area contributed by atoms with Gasteiger partial charge in [-0.15, -0.1) is 0 Å². The maximum atomic E-state index is 12.0. The van der Waals surface area contributed by atoms with E-state index in [0.29, 0.717) is 5.69 Å². The van der Waals surface area contributed by atoms with E-state index in [1.54, 1.807) is 6.07 Å². The Labute approximate surface area is 110 Å². The average Bonchev–Trinajstić information content (AvgIpc) is 2.44. The second kappa shape index (κ2) is 5.36. The minimum atomic E-state index is -0.689. The minimum Gasteiger partial charge on any atom is -0.295 e. The summed E-state index contributed by atoms with van der Waals surface area (Å²) in [6.07, 6.45) is 3.81. The van der Waals surface area contributed by atoms with Gasteiger partial charge in [0.2, 0.25) is 0 Å². The van der Waals surface area contributed by atoms with Gasteiger partial charge in [0.25, 0.3) is 0 Å². The maximum Gasteiger partial charge on any atom is 0.321 e. The van der Waals surface area contributed by atoms with Gasteiger partial charge in [0.05, 0.1) is 6.07 Å². The number of benzene rings is 1. The molecule has 96 valence electrons. The maximum absolute atomic E-state index is 12.0. The molecule has 5 heteroatoms. The molecule has 0 atom stereocenters. The zero-order valence-corrected chi connectivity index (χ0v) is 10.5. The molecule has 0 aliphatic carbocycles. The first kappa shape index (κ1) is 12.8. The highest BCUT2D eigenvalue weighted by molar-refractivity contribution is 5.35. The van der Waals surface area contributed by atoms with E-state index in [-0.39, 0.29) is 6.54 Å². The highest BCUT2D eigenvalue weighted by Crippen LogP contribution is 2.08. The number of hydrogen-bond acceptors (Lipinski definition) is 3. The van der Waals surface area contributed by atoms with Gasteiger partial charge in [-0.2, -0.15) is 5.26 Å². The number of rotatable bonds is 3. The minimum absolute atomic E-state index is 0.121. The smallest absolute Gasteiger partial charge is 0.295 e. The molecule has 0 bridgehead atoms. The third kappa shape index (κ3) is 2.47. The molecule has 0 aliphatic rings. The van der Waals surface area contributed by atoms with Gasteiger partial charge in [0.1, 0.15) is 6.54 Å². The Morgan fingerprint density at radius 2 is 2.00 bits per heavy atom. The number of hydrogen-bond donors (Lipinski definition) is 0. The first-order chi connectivity index (χ1) is 9.17. The van der Waals surface area contributed by atoms with Crippen molar-refractivity contribution in [3.8, 4) is 11.8 Å². The summed E-state index contributed by atoms with van der Waals surface area (Å²) in [5.41, 5.74) is 0.410. The molecule has 0 radical (unpaired) electrons. The predicted molar refractivity (Wildman–Crippen MR) is 71.3 cm³/mol. The SMILES string of the molecule is CCc1cccc(-n2ccn(CC#N)c(=O)c2=O)c1. The molecule has 0 aliphatic heterocycles. The lowest BCUT2D eigenvalue weighted by molar-refractivity contribution is 0.739. The van der Waals surface area contributed by atoms with E-state index in [1.165, 1.54) is 17.0 Å². The summed E-state index contributed by atoms with van der Waals surface area (Å²) in [7, 11) is 0. The molecule has 0 saturated heterocycles. The van der Waals surface area contributed by atoms with Crippen LogP contribution in [0, 0.1) is 11.3 Å². The second-order valence-electron chi connectivity index (χ2n) is 4.09. The first-order valence-corrected chi connectivity index (χ1v) is 5.95. The van der Waals surface area contributed by atoms with Gasteiger partial charge >= 0.3 is 11.1 Å². The van der Waals surface area contributed by atoms with Crippen molar-refractivity contribution in [1.29, 1.82) is 5.26 Å². The third-order valence-electron chi connectivity index (χ3n) is 2.90. The van der Waals surface area contributed by atoms with Crippen LogP contribution in [0.5, 0.6) is 0 Å². The van der Waals surface area contributed by atoms with Crippen LogP contribution in [-0.2, 0) is 13.0 Å². The fourth-order valence-corrected chi connectivity index (χ4v) is 1.84. The lowest BCUT2D eigenvalue weighted by Crippen LogP contribution is -2.39. The van der Waals surface area contributed by atoms with E-state index in [2.05, 4.69) is 0 Å². The standard InChI is InChI=1S/C14H13N3O2/c1-2-11-4-3-5-12(10-11)17-9-8-16(7-6-15)13(18)14(17)19/h3-5,8-10H,2,7H2,1H3. The van der Waals surface area contributed by atoms with Crippen LogP contribution >= 0.6 is 0 Å². The van der Waals surface area contributed by atoms with Crippen LogP contribution in [0.15, 0.2) is 46.2 Å². The Kier molecular flexibility index (Phi) is 3.62. The summed E-state index contributed by atoms with van der Waals surface area (Å²) in [6, 6.07) is 9.30. The van der Waals surface area contributed by atoms with Crippen LogP contribution < -0.4 is 11.1 Å². The van der Waals surface area contributed by atoms with Crippen LogP contribution in [0.25, 0.3) is 5.69 Å². The number of aromatic nitrogens is 2. The van der Waals surface area contributed by atoms with E-state index < -0.39 is 11.1 Å². The monoisotopic (exact) mass is 255 g/mol. The van der Waals surface area contributed by atoms with E-state index in [0.717, 1.165) is 16.6 Å². The van der Waals surface area contributed by atoms with Gasteiger partial charge in [-0.25, -0.2) is 0 Å². The van der Waals surface area contributed by atoms with Crippen molar-refractivity contribution in [3.63, 3.8) is 0 Å². The number of nitriles is 1. The summed E-state index contributed by atoms with van der Waals surface area (Å²) in [5.74, 6) is 0. The molecule has 0 N–H and O–H groups in total. The molecule has 19 heavy (non-hydrogen) atoms. The van der Waals surface area contributed by atoms with Gasteiger partial charge in [-0.1, -0.05) is 19.1 Å². The number of aryl methyl sites for hydroxylation is 1.